The summed E-state index contributed by atoms with van der Waals surface area (Å²) in [5.74, 6) is -1.01. The first-order chi connectivity index (χ1) is 9.15. The van der Waals surface area contributed by atoms with Crippen LogP contribution in [0.5, 0.6) is 0 Å². The smallest absolute Gasteiger partial charge is 0.325 e. The SMILES string of the molecule is N[C@@H](C(=O)O)c1ccc2cc3ccccc3cc2c1. The van der Waals surface area contributed by atoms with Gasteiger partial charge in [-0.15, -0.1) is 0 Å². The molecule has 0 bridgehead atoms. The molecule has 0 saturated heterocycles. The van der Waals surface area contributed by atoms with Crippen molar-refractivity contribution in [2.75, 3.05) is 0 Å². The van der Waals surface area contributed by atoms with E-state index in [0.717, 1.165) is 16.2 Å². The zero-order chi connectivity index (χ0) is 13.4. The number of carbonyl (C=O) groups is 1. The molecule has 3 heteroatoms. The summed E-state index contributed by atoms with van der Waals surface area (Å²) < 4.78 is 0. The van der Waals surface area contributed by atoms with Crippen LogP contribution in [0, 0.1) is 0 Å². The Morgan fingerprint density at radius 1 is 0.895 bits per heavy atom. The first-order valence-electron chi connectivity index (χ1n) is 6.06. The van der Waals surface area contributed by atoms with E-state index in [9.17, 15) is 4.79 Å². The van der Waals surface area contributed by atoms with Gasteiger partial charge in [0.25, 0.3) is 0 Å². The van der Waals surface area contributed by atoms with Crippen molar-refractivity contribution < 1.29 is 9.90 Å². The van der Waals surface area contributed by atoms with Crippen molar-refractivity contribution in [1.82, 2.24) is 0 Å². The minimum absolute atomic E-state index is 0.621. The lowest BCUT2D eigenvalue weighted by atomic mass is 9.99. The van der Waals surface area contributed by atoms with E-state index in [1.54, 1.807) is 6.07 Å². The molecule has 0 aliphatic rings. The molecule has 0 radical (unpaired) electrons. The highest BCUT2D eigenvalue weighted by molar-refractivity contribution is 5.98. The third kappa shape index (κ3) is 2.04. The van der Waals surface area contributed by atoms with Crippen LogP contribution >= 0.6 is 0 Å². The van der Waals surface area contributed by atoms with E-state index in [-0.39, 0.29) is 0 Å². The molecule has 0 aliphatic carbocycles. The predicted octanol–water partition coefficient (Wildman–Crippen LogP) is 3.08. The second kappa shape index (κ2) is 4.37. The molecule has 3 aromatic rings. The molecule has 3 nitrogen and oxygen atoms in total. The summed E-state index contributed by atoms with van der Waals surface area (Å²) >= 11 is 0. The maximum atomic E-state index is 10.9. The molecule has 19 heavy (non-hydrogen) atoms. The quantitative estimate of drug-likeness (QED) is 0.688. The molecule has 3 rings (SSSR count). The van der Waals surface area contributed by atoms with Gasteiger partial charge in [-0.3, -0.25) is 4.79 Å². The Bertz CT molecular complexity index is 780. The van der Waals surface area contributed by atoms with Crippen LogP contribution in [0.15, 0.2) is 54.6 Å². The van der Waals surface area contributed by atoms with Crippen LogP contribution in [0.1, 0.15) is 11.6 Å². The Kier molecular flexibility index (Phi) is 2.69. The third-order valence-corrected chi connectivity index (χ3v) is 3.35. The highest BCUT2D eigenvalue weighted by Crippen LogP contribution is 2.25. The number of benzene rings is 3. The highest BCUT2D eigenvalue weighted by atomic mass is 16.4. The molecule has 0 fully saturated rings. The van der Waals surface area contributed by atoms with Crippen molar-refractivity contribution in [3.05, 3.63) is 60.2 Å². The van der Waals surface area contributed by atoms with Gasteiger partial charge in [0, 0.05) is 0 Å². The van der Waals surface area contributed by atoms with Gasteiger partial charge in [0.1, 0.15) is 6.04 Å². The molecular formula is C16H13NO2. The minimum Gasteiger partial charge on any atom is -0.480 e. The first-order valence-corrected chi connectivity index (χ1v) is 6.06. The lowest BCUT2D eigenvalue weighted by molar-refractivity contribution is -0.138. The topological polar surface area (TPSA) is 63.3 Å². The van der Waals surface area contributed by atoms with Gasteiger partial charge in [0.2, 0.25) is 0 Å². The molecule has 0 aliphatic heterocycles. The molecule has 0 spiro atoms. The van der Waals surface area contributed by atoms with Crippen LogP contribution in [-0.4, -0.2) is 11.1 Å². The van der Waals surface area contributed by atoms with Crippen molar-refractivity contribution in [2.24, 2.45) is 5.73 Å². The van der Waals surface area contributed by atoms with Crippen LogP contribution in [0.3, 0.4) is 0 Å². The van der Waals surface area contributed by atoms with E-state index in [4.69, 9.17) is 10.8 Å². The maximum absolute atomic E-state index is 10.9. The Hall–Kier alpha value is -2.39. The number of nitrogens with two attached hydrogens (primary N) is 1. The number of rotatable bonds is 2. The van der Waals surface area contributed by atoms with E-state index in [1.807, 2.05) is 30.3 Å². The standard InChI is InChI=1S/C16H13NO2/c17-15(16(18)19)13-6-5-12-7-10-3-1-2-4-11(10)8-14(12)9-13/h1-9,15H,17H2,(H,18,19)/t15-/m1/s1. The molecule has 0 saturated carbocycles. The number of carboxylic acid groups (broad SMARTS) is 1. The number of aliphatic carboxylic acids is 1. The van der Waals surface area contributed by atoms with Crippen LogP contribution in [0.25, 0.3) is 21.5 Å². The highest BCUT2D eigenvalue weighted by Gasteiger charge is 2.14. The number of carboxylic acids is 1. The largest absolute Gasteiger partial charge is 0.480 e. The molecule has 94 valence electrons. The first kappa shape index (κ1) is 11.7. The Labute approximate surface area is 110 Å². The zero-order valence-corrected chi connectivity index (χ0v) is 10.2. The fourth-order valence-electron chi connectivity index (χ4n) is 2.29. The molecule has 3 N–H and O–H groups in total. The van der Waals surface area contributed by atoms with Gasteiger partial charge in [-0.1, -0.05) is 36.4 Å². The van der Waals surface area contributed by atoms with Crippen LogP contribution in [-0.2, 0) is 4.79 Å². The molecule has 0 unspecified atom stereocenters. The van der Waals surface area contributed by atoms with Gasteiger partial charge in [0.15, 0.2) is 0 Å². The molecule has 0 amide bonds. The van der Waals surface area contributed by atoms with Crippen molar-refractivity contribution in [1.29, 1.82) is 0 Å². The van der Waals surface area contributed by atoms with Crippen molar-refractivity contribution in [2.45, 2.75) is 6.04 Å². The number of fused-ring (bicyclic) bond motifs is 2. The Balaban J connectivity index is 2.22. The lowest BCUT2D eigenvalue weighted by Crippen LogP contribution is -2.20. The molecule has 3 aromatic carbocycles. The van der Waals surface area contributed by atoms with Gasteiger partial charge >= 0.3 is 5.97 Å². The van der Waals surface area contributed by atoms with E-state index >= 15 is 0 Å². The second-order valence-electron chi connectivity index (χ2n) is 4.62. The summed E-state index contributed by atoms with van der Waals surface area (Å²) in [5, 5.41) is 13.4. The van der Waals surface area contributed by atoms with Crippen molar-refractivity contribution >= 4 is 27.5 Å². The summed E-state index contributed by atoms with van der Waals surface area (Å²) in [6, 6.07) is 16.8. The predicted molar refractivity (Wildman–Crippen MR) is 76.0 cm³/mol. The van der Waals surface area contributed by atoms with Gasteiger partial charge < -0.3 is 10.8 Å². The molecule has 0 heterocycles. The van der Waals surface area contributed by atoms with Gasteiger partial charge in [-0.2, -0.15) is 0 Å². The van der Waals surface area contributed by atoms with Crippen LogP contribution < -0.4 is 5.73 Å². The van der Waals surface area contributed by atoms with E-state index in [1.165, 1.54) is 5.39 Å². The molecular weight excluding hydrogens is 238 g/mol. The summed E-state index contributed by atoms with van der Waals surface area (Å²) in [5.41, 5.74) is 6.26. The number of hydrogen-bond donors (Lipinski definition) is 2. The number of hydrogen-bond acceptors (Lipinski definition) is 2. The van der Waals surface area contributed by atoms with E-state index in [2.05, 4.69) is 18.2 Å². The van der Waals surface area contributed by atoms with Crippen molar-refractivity contribution in [3.8, 4) is 0 Å². The average Bonchev–Trinajstić information content (AvgIpc) is 2.43. The third-order valence-electron chi connectivity index (χ3n) is 3.35. The molecule has 1 atom stereocenters. The summed E-state index contributed by atoms with van der Waals surface area (Å²) in [6.07, 6.45) is 0. The molecule has 0 aromatic heterocycles. The lowest BCUT2D eigenvalue weighted by Gasteiger charge is -2.09. The van der Waals surface area contributed by atoms with Crippen LogP contribution in [0.4, 0.5) is 0 Å². The Morgan fingerprint density at radius 2 is 1.47 bits per heavy atom. The van der Waals surface area contributed by atoms with Gasteiger partial charge in [-0.05, 0) is 45.3 Å². The van der Waals surface area contributed by atoms with E-state index in [0.29, 0.717) is 5.56 Å². The van der Waals surface area contributed by atoms with Gasteiger partial charge in [0.05, 0.1) is 0 Å². The second-order valence-corrected chi connectivity index (χ2v) is 4.62. The van der Waals surface area contributed by atoms with E-state index < -0.39 is 12.0 Å². The monoisotopic (exact) mass is 251 g/mol. The summed E-state index contributed by atoms with van der Waals surface area (Å²) in [4.78, 5) is 10.9. The summed E-state index contributed by atoms with van der Waals surface area (Å²) in [7, 11) is 0. The maximum Gasteiger partial charge on any atom is 0.325 e. The van der Waals surface area contributed by atoms with Crippen LogP contribution in [0.2, 0.25) is 0 Å². The van der Waals surface area contributed by atoms with Gasteiger partial charge in [-0.25, -0.2) is 0 Å². The summed E-state index contributed by atoms with van der Waals surface area (Å²) in [6.45, 7) is 0. The van der Waals surface area contributed by atoms with Crippen molar-refractivity contribution in [3.63, 3.8) is 0 Å². The Morgan fingerprint density at radius 3 is 2.11 bits per heavy atom. The fraction of sp³-hybridized carbons (Fsp3) is 0.0625. The normalized spacial score (nSPS) is 12.7. The fourth-order valence-corrected chi connectivity index (χ4v) is 2.29. The average molecular weight is 251 g/mol. The minimum atomic E-state index is -1.01. The zero-order valence-electron chi connectivity index (χ0n) is 10.2.